The Bertz CT molecular complexity index is 1690. The van der Waals surface area contributed by atoms with E-state index in [-0.39, 0.29) is 22.7 Å². The summed E-state index contributed by atoms with van der Waals surface area (Å²) in [6, 6.07) is 7.94. The van der Waals surface area contributed by atoms with Gasteiger partial charge in [-0.25, -0.2) is 0 Å². The van der Waals surface area contributed by atoms with E-state index in [9.17, 15) is 42.8 Å². The fraction of sp³-hybridized carbons (Fsp3) is 0. The first-order chi connectivity index (χ1) is 16.4. The molecule has 17 heteroatoms. The summed E-state index contributed by atoms with van der Waals surface area (Å²) in [4.78, 5) is 44.0. The van der Waals surface area contributed by atoms with Crippen molar-refractivity contribution in [2.24, 2.45) is 10.2 Å². The minimum atomic E-state index is -4.91. The molecule has 0 unspecified atom stereocenters. The zero-order valence-corrected chi connectivity index (χ0v) is 17.9. The smallest absolute Gasteiger partial charge is 0.296 e. The number of hydrogen-bond donors (Lipinski definition) is 4. The van der Waals surface area contributed by atoms with Gasteiger partial charge in [0, 0.05) is 18.2 Å². The first-order valence-corrected chi connectivity index (χ1v) is 10.6. The Morgan fingerprint density at radius 2 is 1.63 bits per heavy atom. The van der Waals surface area contributed by atoms with Gasteiger partial charge >= 0.3 is 0 Å². The average molecular weight is 503 g/mol. The van der Waals surface area contributed by atoms with Gasteiger partial charge in [0.1, 0.15) is 15.9 Å². The molecule has 0 saturated heterocycles. The number of nitrogens with zero attached hydrogens (tertiary/aromatic N) is 4. The van der Waals surface area contributed by atoms with Crippen LogP contribution in [0.1, 0.15) is 0 Å². The second-order valence-corrected chi connectivity index (χ2v) is 8.04. The van der Waals surface area contributed by atoms with Crippen molar-refractivity contribution >= 4 is 38.6 Å². The number of hydrogen-bond acceptors (Lipinski definition) is 13. The molecule has 0 heterocycles. The van der Waals surface area contributed by atoms with Gasteiger partial charge in [0.15, 0.2) is 5.36 Å². The summed E-state index contributed by atoms with van der Waals surface area (Å²) in [6.07, 6.45) is 0. The van der Waals surface area contributed by atoms with Crippen LogP contribution in [0.25, 0.3) is 0 Å². The largest absolute Gasteiger partial charge is 0.393 e. The molecular formula is C18H13N7O9S. The lowest BCUT2D eigenvalue weighted by molar-refractivity contribution is -0.385. The summed E-state index contributed by atoms with van der Waals surface area (Å²) < 4.78 is 32.5. The molecule has 0 saturated carbocycles. The Labute approximate surface area is 193 Å². The molecule has 16 nitrogen and oxygen atoms in total. The zero-order valence-electron chi connectivity index (χ0n) is 17.1. The van der Waals surface area contributed by atoms with E-state index in [1.165, 1.54) is 6.07 Å². The zero-order chi connectivity index (χ0) is 25.9. The molecule has 0 spiro atoms. The number of nitro groups is 2. The van der Waals surface area contributed by atoms with Gasteiger partial charge in [0.2, 0.25) is 10.9 Å². The second-order valence-electron chi connectivity index (χ2n) is 6.65. The minimum Gasteiger partial charge on any atom is -0.393 e. The fourth-order valence-electron chi connectivity index (χ4n) is 2.70. The number of non-ortho nitro benzene ring substituents is 1. The standard InChI is InChI=1S/C18H13N7O9S/c19-11-7-9(1-5-14(11)25(30)31)20-23-17-15(26)6-4-13(18(17)27)22-21-12-3-2-10(24(28)29)8-16(12)35(32,33)34/h1-8,20-21H,19H2,(H,32,33,34)/b22-13-,23-17+. The van der Waals surface area contributed by atoms with Crippen LogP contribution in [0, 0.1) is 20.2 Å². The normalized spacial score (nSPS) is 12.4. The second kappa shape index (κ2) is 9.45. The molecule has 0 atom stereocenters. The van der Waals surface area contributed by atoms with Crippen LogP contribution >= 0.6 is 0 Å². The van der Waals surface area contributed by atoms with Gasteiger partial charge in [0.25, 0.3) is 21.5 Å². The van der Waals surface area contributed by atoms with Crippen molar-refractivity contribution in [1.82, 2.24) is 0 Å². The van der Waals surface area contributed by atoms with Gasteiger partial charge in [0.05, 0.1) is 21.2 Å². The Hall–Kier alpha value is -5.03. The van der Waals surface area contributed by atoms with E-state index in [4.69, 9.17) is 5.73 Å². The van der Waals surface area contributed by atoms with Crippen LogP contribution in [-0.2, 0) is 10.1 Å². The highest BCUT2D eigenvalue weighted by atomic mass is 32.2. The van der Waals surface area contributed by atoms with Crippen LogP contribution in [0.4, 0.5) is 28.4 Å². The van der Waals surface area contributed by atoms with E-state index in [0.29, 0.717) is 6.07 Å². The lowest BCUT2D eigenvalue weighted by Gasteiger charge is -2.05. The summed E-state index contributed by atoms with van der Waals surface area (Å²) in [5.41, 5.74) is 6.95. The summed E-state index contributed by atoms with van der Waals surface area (Å²) in [5.74, 6) is 0. The number of rotatable bonds is 7. The van der Waals surface area contributed by atoms with E-state index in [1.807, 2.05) is 0 Å². The molecule has 0 amide bonds. The lowest BCUT2D eigenvalue weighted by Crippen LogP contribution is -2.48. The van der Waals surface area contributed by atoms with E-state index in [2.05, 4.69) is 21.1 Å². The predicted octanol–water partition coefficient (Wildman–Crippen LogP) is -0.216. The molecule has 0 aliphatic rings. The van der Waals surface area contributed by atoms with Crippen molar-refractivity contribution in [1.29, 1.82) is 0 Å². The summed E-state index contributed by atoms with van der Waals surface area (Å²) in [5, 5.41) is 28.1. The maximum absolute atomic E-state index is 12.6. The van der Waals surface area contributed by atoms with Crippen molar-refractivity contribution < 1.29 is 22.8 Å². The van der Waals surface area contributed by atoms with E-state index in [1.54, 1.807) is 0 Å². The van der Waals surface area contributed by atoms with E-state index < -0.39 is 52.1 Å². The Morgan fingerprint density at radius 3 is 2.23 bits per heavy atom. The first-order valence-electron chi connectivity index (χ1n) is 9.13. The third kappa shape index (κ3) is 5.49. The van der Waals surface area contributed by atoms with Crippen molar-refractivity contribution in [3.8, 4) is 0 Å². The van der Waals surface area contributed by atoms with Gasteiger partial charge < -0.3 is 5.73 Å². The molecule has 0 aliphatic carbocycles. The van der Waals surface area contributed by atoms with Crippen LogP contribution in [0.3, 0.4) is 0 Å². The molecule has 0 fully saturated rings. The quantitative estimate of drug-likeness (QED) is 0.141. The molecule has 0 aliphatic heterocycles. The Balaban J connectivity index is 2.01. The van der Waals surface area contributed by atoms with E-state index >= 15 is 0 Å². The van der Waals surface area contributed by atoms with Gasteiger partial charge in [-0.05, 0) is 30.3 Å². The minimum absolute atomic E-state index is 0.135. The molecule has 3 aromatic rings. The number of benzene rings is 3. The fourth-order valence-corrected chi connectivity index (χ4v) is 3.36. The highest BCUT2D eigenvalue weighted by Crippen LogP contribution is 2.26. The van der Waals surface area contributed by atoms with Crippen LogP contribution in [0.15, 0.2) is 73.2 Å². The molecule has 180 valence electrons. The molecule has 0 bridgehead atoms. The summed E-state index contributed by atoms with van der Waals surface area (Å²) in [7, 11) is -4.91. The number of nitrogens with one attached hydrogen (secondary N) is 2. The van der Waals surface area contributed by atoms with Crippen LogP contribution < -0.4 is 38.2 Å². The van der Waals surface area contributed by atoms with Crippen LogP contribution in [0.2, 0.25) is 0 Å². The molecule has 0 aromatic heterocycles. The highest BCUT2D eigenvalue weighted by molar-refractivity contribution is 7.86. The van der Waals surface area contributed by atoms with Crippen molar-refractivity contribution in [2.75, 3.05) is 16.6 Å². The van der Waals surface area contributed by atoms with Crippen molar-refractivity contribution in [3.63, 3.8) is 0 Å². The monoisotopic (exact) mass is 503 g/mol. The lowest BCUT2D eigenvalue weighted by atomic mass is 10.2. The Morgan fingerprint density at radius 1 is 0.914 bits per heavy atom. The first kappa shape index (κ1) is 24.6. The molecule has 0 radical (unpaired) electrons. The number of anilines is 3. The van der Waals surface area contributed by atoms with Crippen LogP contribution in [-0.4, -0.2) is 22.8 Å². The highest BCUT2D eigenvalue weighted by Gasteiger charge is 2.20. The van der Waals surface area contributed by atoms with Crippen molar-refractivity contribution in [2.45, 2.75) is 4.90 Å². The number of nitro benzene ring substituents is 2. The molecule has 35 heavy (non-hydrogen) atoms. The van der Waals surface area contributed by atoms with Gasteiger partial charge in [-0.15, -0.1) is 0 Å². The number of nitrogen functional groups attached to an aromatic ring is 1. The SMILES string of the molecule is Nc1cc(N/N=c2\c(=O)cc/c(=N/Nc3ccc([N+](=O)[O-])cc3S(=O)(=O)O)c2=O)ccc1[N+](=O)[O-]. The van der Waals surface area contributed by atoms with Crippen LogP contribution in [0.5, 0.6) is 0 Å². The van der Waals surface area contributed by atoms with Gasteiger partial charge in [-0.2, -0.15) is 18.6 Å². The molecule has 3 aromatic carbocycles. The van der Waals surface area contributed by atoms with E-state index in [0.717, 1.165) is 36.4 Å². The maximum atomic E-state index is 12.6. The number of nitrogens with two attached hydrogens (primary N) is 1. The summed E-state index contributed by atoms with van der Waals surface area (Å²) >= 11 is 0. The Kier molecular flexibility index (Phi) is 6.65. The third-order valence-electron chi connectivity index (χ3n) is 4.35. The summed E-state index contributed by atoms with van der Waals surface area (Å²) in [6.45, 7) is 0. The van der Waals surface area contributed by atoms with Gasteiger partial charge in [-0.1, -0.05) is 0 Å². The van der Waals surface area contributed by atoms with Crippen molar-refractivity contribution in [3.05, 3.63) is 99.9 Å². The topological polar surface area (TPSA) is 250 Å². The average Bonchev–Trinajstić information content (AvgIpc) is 2.77. The van der Waals surface area contributed by atoms with Gasteiger partial charge in [-0.3, -0.25) is 45.2 Å². The molecule has 5 N–H and O–H groups in total. The third-order valence-corrected chi connectivity index (χ3v) is 5.24. The molecular weight excluding hydrogens is 490 g/mol. The maximum Gasteiger partial charge on any atom is 0.296 e. The molecule has 3 rings (SSSR count). The predicted molar refractivity (Wildman–Crippen MR) is 120 cm³/mol.